The molecule has 0 aliphatic rings. The van der Waals surface area contributed by atoms with Crippen LogP contribution in [0.3, 0.4) is 0 Å². The summed E-state index contributed by atoms with van der Waals surface area (Å²) in [7, 11) is 0. The monoisotopic (exact) mass is 267 g/mol. The summed E-state index contributed by atoms with van der Waals surface area (Å²) >= 11 is 5.69. The van der Waals surface area contributed by atoms with Crippen LogP contribution in [0.15, 0.2) is 42.5 Å². The molecule has 0 heterocycles. The van der Waals surface area contributed by atoms with Crippen molar-refractivity contribution >= 4 is 11.6 Å². The van der Waals surface area contributed by atoms with Crippen LogP contribution in [0.2, 0.25) is 5.02 Å². The van der Waals surface area contributed by atoms with Gasteiger partial charge in [-0.3, -0.25) is 0 Å². The molecule has 1 unspecified atom stereocenters. The molecule has 4 heteroatoms. The lowest BCUT2D eigenvalue weighted by Crippen LogP contribution is -2.14. The van der Waals surface area contributed by atoms with Gasteiger partial charge in [-0.05, 0) is 35.7 Å². The van der Waals surface area contributed by atoms with Gasteiger partial charge in [-0.15, -0.1) is 0 Å². The third kappa shape index (κ3) is 2.86. The van der Waals surface area contributed by atoms with Crippen molar-refractivity contribution in [2.75, 3.05) is 0 Å². The van der Waals surface area contributed by atoms with Gasteiger partial charge >= 0.3 is 0 Å². The fraction of sp³-hybridized carbons (Fsp3) is 0.143. The maximum absolute atomic E-state index is 13.5. The zero-order valence-corrected chi connectivity index (χ0v) is 10.3. The predicted molar refractivity (Wildman–Crippen MR) is 68.4 cm³/mol. The summed E-state index contributed by atoms with van der Waals surface area (Å²) in [6.45, 7) is 0. The van der Waals surface area contributed by atoms with Crippen LogP contribution in [0.25, 0.3) is 0 Å². The van der Waals surface area contributed by atoms with E-state index in [9.17, 15) is 8.78 Å². The minimum Gasteiger partial charge on any atom is -0.324 e. The van der Waals surface area contributed by atoms with Crippen LogP contribution in [-0.2, 0) is 6.42 Å². The molecule has 2 aromatic rings. The molecule has 0 aliphatic carbocycles. The first kappa shape index (κ1) is 13.0. The second-order valence-electron chi connectivity index (χ2n) is 4.08. The van der Waals surface area contributed by atoms with Gasteiger partial charge < -0.3 is 5.73 Å². The summed E-state index contributed by atoms with van der Waals surface area (Å²) in [5.41, 5.74) is 7.18. The molecule has 2 rings (SSSR count). The molecular weight excluding hydrogens is 256 g/mol. The predicted octanol–water partition coefficient (Wildman–Crippen LogP) is 3.86. The van der Waals surface area contributed by atoms with Crippen molar-refractivity contribution in [3.05, 3.63) is 70.2 Å². The second kappa shape index (κ2) is 5.46. The Labute approximate surface area is 109 Å². The van der Waals surface area contributed by atoms with Crippen molar-refractivity contribution in [3.63, 3.8) is 0 Å². The van der Waals surface area contributed by atoms with Crippen LogP contribution >= 0.6 is 11.6 Å². The van der Waals surface area contributed by atoms with E-state index < -0.39 is 11.9 Å². The molecule has 2 aromatic carbocycles. The Kier molecular flexibility index (Phi) is 3.94. The molecule has 1 atom stereocenters. The molecule has 2 N–H and O–H groups in total. The fourth-order valence-corrected chi connectivity index (χ4v) is 1.95. The van der Waals surface area contributed by atoms with Crippen LogP contribution in [0.4, 0.5) is 8.78 Å². The zero-order chi connectivity index (χ0) is 13.1. The summed E-state index contributed by atoms with van der Waals surface area (Å²) < 4.78 is 26.5. The summed E-state index contributed by atoms with van der Waals surface area (Å²) in [6, 6.07) is 10.3. The number of rotatable bonds is 3. The van der Waals surface area contributed by atoms with E-state index in [1.165, 1.54) is 18.2 Å². The highest BCUT2D eigenvalue weighted by atomic mass is 35.5. The molecule has 0 saturated heterocycles. The SMILES string of the molecule is NC(Cc1ccccc1F)c1ccc(F)c(Cl)c1. The number of benzene rings is 2. The van der Waals surface area contributed by atoms with Gasteiger partial charge in [0.2, 0.25) is 0 Å². The van der Waals surface area contributed by atoms with E-state index in [0.29, 0.717) is 17.5 Å². The quantitative estimate of drug-likeness (QED) is 0.898. The Morgan fingerprint density at radius 2 is 1.78 bits per heavy atom. The van der Waals surface area contributed by atoms with Crippen LogP contribution in [0, 0.1) is 11.6 Å². The second-order valence-corrected chi connectivity index (χ2v) is 4.48. The van der Waals surface area contributed by atoms with Crippen LogP contribution in [0.1, 0.15) is 17.2 Å². The van der Waals surface area contributed by atoms with Gasteiger partial charge in [0, 0.05) is 6.04 Å². The maximum Gasteiger partial charge on any atom is 0.141 e. The molecule has 0 amide bonds. The normalized spacial score (nSPS) is 12.4. The van der Waals surface area contributed by atoms with Crippen molar-refractivity contribution in [2.24, 2.45) is 5.73 Å². The van der Waals surface area contributed by atoms with Gasteiger partial charge in [0.15, 0.2) is 0 Å². The lowest BCUT2D eigenvalue weighted by molar-refractivity contribution is 0.592. The van der Waals surface area contributed by atoms with Gasteiger partial charge in [-0.25, -0.2) is 8.78 Å². The Hall–Kier alpha value is -1.45. The Balaban J connectivity index is 2.19. The molecule has 94 valence electrons. The number of hydrogen-bond donors (Lipinski definition) is 1. The standard InChI is InChI=1S/C14H12ClF2N/c15-11-7-10(5-6-13(11)17)14(18)8-9-3-1-2-4-12(9)16/h1-7,14H,8,18H2. The number of nitrogens with two attached hydrogens (primary N) is 1. The summed E-state index contributed by atoms with van der Waals surface area (Å²) in [6.07, 6.45) is 0.342. The van der Waals surface area contributed by atoms with E-state index in [1.54, 1.807) is 24.3 Å². The number of hydrogen-bond acceptors (Lipinski definition) is 1. The summed E-state index contributed by atoms with van der Waals surface area (Å²) in [5.74, 6) is -0.778. The van der Waals surface area contributed by atoms with E-state index in [1.807, 2.05) is 0 Å². The van der Waals surface area contributed by atoms with Crippen LogP contribution in [0.5, 0.6) is 0 Å². The molecule has 0 aromatic heterocycles. The first-order chi connectivity index (χ1) is 8.58. The molecule has 0 bridgehead atoms. The van der Waals surface area contributed by atoms with Gasteiger partial charge in [0.25, 0.3) is 0 Å². The maximum atomic E-state index is 13.5. The highest BCUT2D eigenvalue weighted by molar-refractivity contribution is 6.30. The Morgan fingerprint density at radius 1 is 1.06 bits per heavy atom. The topological polar surface area (TPSA) is 26.0 Å². The van der Waals surface area contributed by atoms with E-state index in [0.717, 1.165) is 0 Å². The minimum atomic E-state index is -0.487. The van der Waals surface area contributed by atoms with Crippen molar-refractivity contribution in [1.29, 1.82) is 0 Å². The van der Waals surface area contributed by atoms with Crippen molar-refractivity contribution in [3.8, 4) is 0 Å². The molecular formula is C14H12ClF2N. The van der Waals surface area contributed by atoms with E-state index in [-0.39, 0.29) is 10.8 Å². The minimum absolute atomic E-state index is 0.0245. The molecule has 0 saturated carbocycles. The first-order valence-corrected chi connectivity index (χ1v) is 5.89. The summed E-state index contributed by atoms with van der Waals surface area (Å²) in [4.78, 5) is 0. The number of halogens is 3. The molecule has 0 aliphatic heterocycles. The molecule has 1 nitrogen and oxygen atoms in total. The smallest absolute Gasteiger partial charge is 0.141 e. The average Bonchev–Trinajstić information content (AvgIpc) is 2.35. The summed E-state index contributed by atoms with van der Waals surface area (Å²) in [5, 5.41) is 0.0245. The van der Waals surface area contributed by atoms with Crippen molar-refractivity contribution in [1.82, 2.24) is 0 Å². The van der Waals surface area contributed by atoms with Gasteiger partial charge in [0.1, 0.15) is 11.6 Å². The van der Waals surface area contributed by atoms with Crippen molar-refractivity contribution in [2.45, 2.75) is 12.5 Å². The third-order valence-electron chi connectivity index (χ3n) is 2.77. The van der Waals surface area contributed by atoms with E-state index in [4.69, 9.17) is 17.3 Å². The highest BCUT2D eigenvalue weighted by Crippen LogP contribution is 2.22. The average molecular weight is 268 g/mol. The first-order valence-electron chi connectivity index (χ1n) is 5.52. The molecule has 0 spiro atoms. The molecule has 0 fully saturated rings. The van der Waals surface area contributed by atoms with Gasteiger partial charge in [-0.2, -0.15) is 0 Å². The van der Waals surface area contributed by atoms with Crippen LogP contribution in [-0.4, -0.2) is 0 Å². The van der Waals surface area contributed by atoms with E-state index >= 15 is 0 Å². The fourth-order valence-electron chi connectivity index (χ4n) is 1.76. The third-order valence-corrected chi connectivity index (χ3v) is 3.06. The lowest BCUT2D eigenvalue weighted by Gasteiger charge is -2.13. The van der Waals surface area contributed by atoms with Gasteiger partial charge in [0.05, 0.1) is 5.02 Å². The lowest BCUT2D eigenvalue weighted by atomic mass is 9.99. The Morgan fingerprint density at radius 3 is 2.44 bits per heavy atom. The highest BCUT2D eigenvalue weighted by Gasteiger charge is 2.11. The van der Waals surface area contributed by atoms with Crippen molar-refractivity contribution < 1.29 is 8.78 Å². The van der Waals surface area contributed by atoms with E-state index in [2.05, 4.69) is 0 Å². The van der Waals surface area contributed by atoms with Crippen LogP contribution < -0.4 is 5.73 Å². The van der Waals surface area contributed by atoms with Gasteiger partial charge in [-0.1, -0.05) is 35.9 Å². The Bertz CT molecular complexity index is 557. The molecule has 0 radical (unpaired) electrons. The molecule has 18 heavy (non-hydrogen) atoms. The zero-order valence-electron chi connectivity index (χ0n) is 9.54. The largest absolute Gasteiger partial charge is 0.324 e.